The van der Waals surface area contributed by atoms with Crippen LogP contribution in [0.3, 0.4) is 0 Å². The minimum Gasteiger partial charge on any atom is -0.221 e. The van der Waals surface area contributed by atoms with E-state index in [0.717, 1.165) is 11.5 Å². The van der Waals surface area contributed by atoms with Crippen molar-refractivity contribution in [1.82, 2.24) is 20.0 Å². The molecule has 0 aromatic carbocycles. The van der Waals surface area contributed by atoms with Gasteiger partial charge >= 0.3 is 0 Å². The predicted molar refractivity (Wildman–Crippen MR) is 53.2 cm³/mol. The Morgan fingerprint density at radius 2 is 2.14 bits per heavy atom. The molecular weight excluding hydrogens is 176 g/mol. The SMILES string of the molecule is CC(C)c1ccn(-c2cccnn2)n1. The Hall–Kier alpha value is -1.71. The number of hydrogen-bond acceptors (Lipinski definition) is 3. The van der Waals surface area contributed by atoms with Crippen LogP contribution in [-0.4, -0.2) is 20.0 Å². The van der Waals surface area contributed by atoms with E-state index in [0.29, 0.717) is 5.92 Å². The summed E-state index contributed by atoms with van der Waals surface area (Å²) in [7, 11) is 0. The zero-order chi connectivity index (χ0) is 9.97. The van der Waals surface area contributed by atoms with Gasteiger partial charge in [-0.1, -0.05) is 13.8 Å². The highest BCUT2D eigenvalue weighted by atomic mass is 15.3. The van der Waals surface area contributed by atoms with Gasteiger partial charge in [-0.15, -0.1) is 5.10 Å². The molecule has 0 bridgehead atoms. The van der Waals surface area contributed by atoms with Crippen molar-refractivity contribution in [3.05, 3.63) is 36.3 Å². The van der Waals surface area contributed by atoms with E-state index >= 15 is 0 Å². The first-order chi connectivity index (χ1) is 6.77. The van der Waals surface area contributed by atoms with Crippen molar-refractivity contribution in [2.45, 2.75) is 19.8 Å². The topological polar surface area (TPSA) is 43.6 Å². The zero-order valence-electron chi connectivity index (χ0n) is 8.25. The molecule has 14 heavy (non-hydrogen) atoms. The molecule has 2 heterocycles. The standard InChI is InChI=1S/C10H12N4/c1-8(2)9-5-7-14(13-9)10-4-3-6-11-12-10/h3-8H,1-2H3. The molecule has 0 unspecified atom stereocenters. The molecule has 4 heteroatoms. The summed E-state index contributed by atoms with van der Waals surface area (Å²) in [4.78, 5) is 0. The molecule has 0 spiro atoms. The summed E-state index contributed by atoms with van der Waals surface area (Å²) in [5, 5.41) is 12.2. The van der Waals surface area contributed by atoms with Crippen LogP contribution in [0.1, 0.15) is 25.5 Å². The third kappa shape index (κ3) is 1.64. The molecular formula is C10H12N4. The maximum Gasteiger partial charge on any atom is 0.175 e. The number of aromatic nitrogens is 4. The first-order valence-corrected chi connectivity index (χ1v) is 4.61. The molecule has 0 N–H and O–H groups in total. The molecule has 0 aliphatic carbocycles. The molecule has 0 aliphatic rings. The fraction of sp³-hybridized carbons (Fsp3) is 0.300. The molecule has 0 amide bonds. The Morgan fingerprint density at radius 1 is 1.29 bits per heavy atom. The molecule has 0 radical (unpaired) electrons. The van der Waals surface area contributed by atoms with Crippen LogP contribution < -0.4 is 0 Å². The Balaban J connectivity index is 2.34. The molecule has 0 saturated carbocycles. The van der Waals surface area contributed by atoms with Crippen LogP contribution in [-0.2, 0) is 0 Å². The third-order valence-corrected chi connectivity index (χ3v) is 1.99. The van der Waals surface area contributed by atoms with Gasteiger partial charge in [0.15, 0.2) is 5.82 Å². The molecule has 0 aliphatic heterocycles. The van der Waals surface area contributed by atoms with Gasteiger partial charge < -0.3 is 0 Å². The normalized spacial score (nSPS) is 10.8. The molecule has 0 saturated heterocycles. The lowest BCUT2D eigenvalue weighted by Gasteiger charge is -1.99. The maximum absolute atomic E-state index is 4.39. The third-order valence-electron chi connectivity index (χ3n) is 1.99. The summed E-state index contributed by atoms with van der Waals surface area (Å²) < 4.78 is 1.74. The van der Waals surface area contributed by atoms with Crippen LogP contribution in [0.4, 0.5) is 0 Å². The summed E-state index contributed by atoms with van der Waals surface area (Å²) >= 11 is 0. The summed E-state index contributed by atoms with van der Waals surface area (Å²) in [5.41, 5.74) is 1.07. The Bertz CT molecular complexity index is 405. The zero-order valence-corrected chi connectivity index (χ0v) is 8.25. The van der Waals surface area contributed by atoms with E-state index in [-0.39, 0.29) is 0 Å². The maximum atomic E-state index is 4.39. The summed E-state index contributed by atoms with van der Waals surface area (Å²) in [6.07, 6.45) is 3.55. The van der Waals surface area contributed by atoms with E-state index < -0.39 is 0 Å². The number of nitrogens with zero attached hydrogens (tertiary/aromatic N) is 4. The monoisotopic (exact) mass is 188 g/mol. The largest absolute Gasteiger partial charge is 0.221 e. The van der Waals surface area contributed by atoms with Crippen molar-refractivity contribution in [3.8, 4) is 5.82 Å². The highest BCUT2D eigenvalue weighted by Gasteiger charge is 2.04. The second kappa shape index (κ2) is 3.57. The molecule has 0 atom stereocenters. The Kier molecular flexibility index (Phi) is 2.26. The van der Waals surface area contributed by atoms with Crippen LogP contribution in [0.2, 0.25) is 0 Å². The average Bonchev–Trinajstić information content (AvgIpc) is 2.68. The van der Waals surface area contributed by atoms with E-state index in [1.165, 1.54) is 0 Å². The summed E-state index contributed by atoms with van der Waals surface area (Å²) in [6.45, 7) is 4.23. The van der Waals surface area contributed by atoms with Gasteiger partial charge in [0.05, 0.1) is 5.69 Å². The highest BCUT2D eigenvalue weighted by Crippen LogP contribution is 2.12. The number of rotatable bonds is 2. The number of hydrogen-bond donors (Lipinski definition) is 0. The van der Waals surface area contributed by atoms with E-state index in [1.54, 1.807) is 10.9 Å². The first-order valence-electron chi connectivity index (χ1n) is 4.61. The van der Waals surface area contributed by atoms with Gasteiger partial charge in [-0.3, -0.25) is 0 Å². The Labute approximate surface area is 82.6 Å². The van der Waals surface area contributed by atoms with Gasteiger partial charge in [0.1, 0.15) is 0 Å². The summed E-state index contributed by atoms with van der Waals surface area (Å²) in [5.74, 6) is 1.19. The fourth-order valence-corrected chi connectivity index (χ4v) is 1.19. The van der Waals surface area contributed by atoms with E-state index in [2.05, 4.69) is 29.1 Å². The molecule has 72 valence electrons. The predicted octanol–water partition coefficient (Wildman–Crippen LogP) is 1.79. The van der Waals surface area contributed by atoms with Crippen molar-refractivity contribution in [2.75, 3.05) is 0 Å². The molecule has 0 fully saturated rings. The molecule has 2 rings (SSSR count). The molecule has 2 aromatic heterocycles. The quantitative estimate of drug-likeness (QED) is 0.721. The van der Waals surface area contributed by atoms with Crippen LogP contribution in [0.15, 0.2) is 30.6 Å². The lowest BCUT2D eigenvalue weighted by atomic mass is 10.1. The fourth-order valence-electron chi connectivity index (χ4n) is 1.19. The lowest BCUT2D eigenvalue weighted by molar-refractivity contribution is 0.747. The average molecular weight is 188 g/mol. The van der Waals surface area contributed by atoms with E-state index in [1.807, 2.05) is 24.4 Å². The first kappa shape index (κ1) is 8.87. The van der Waals surface area contributed by atoms with Crippen LogP contribution in [0.25, 0.3) is 5.82 Å². The van der Waals surface area contributed by atoms with E-state index in [9.17, 15) is 0 Å². The van der Waals surface area contributed by atoms with Crippen molar-refractivity contribution in [2.24, 2.45) is 0 Å². The smallest absolute Gasteiger partial charge is 0.175 e. The Morgan fingerprint density at radius 3 is 2.71 bits per heavy atom. The molecule has 4 nitrogen and oxygen atoms in total. The van der Waals surface area contributed by atoms with Gasteiger partial charge in [-0.25, -0.2) is 4.68 Å². The minimum absolute atomic E-state index is 0.438. The van der Waals surface area contributed by atoms with Crippen molar-refractivity contribution >= 4 is 0 Å². The van der Waals surface area contributed by atoms with Crippen molar-refractivity contribution in [3.63, 3.8) is 0 Å². The van der Waals surface area contributed by atoms with Gasteiger partial charge in [0.25, 0.3) is 0 Å². The highest BCUT2D eigenvalue weighted by molar-refractivity contribution is 5.19. The van der Waals surface area contributed by atoms with Crippen molar-refractivity contribution in [1.29, 1.82) is 0 Å². The summed E-state index contributed by atoms with van der Waals surface area (Å²) in [6, 6.07) is 5.72. The van der Waals surface area contributed by atoms with Crippen LogP contribution in [0, 0.1) is 0 Å². The van der Waals surface area contributed by atoms with Gasteiger partial charge in [-0.2, -0.15) is 10.2 Å². The van der Waals surface area contributed by atoms with Gasteiger partial charge in [0, 0.05) is 12.4 Å². The van der Waals surface area contributed by atoms with Crippen LogP contribution in [0.5, 0.6) is 0 Å². The van der Waals surface area contributed by atoms with Crippen LogP contribution >= 0.6 is 0 Å². The van der Waals surface area contributed by atoms with E-state index in [4.69, 9.17) is 0 Å². The molecule has 2 aromatic rings. The van der Waals surface area contributed by atoms with Crippen molar-refractivity contribution < 1.29 is 0 Å². The van der Waals surface area contributed by atoms with Gasteiger partial charge in [-0.05, 0) is 24.1 Å². The van der Waals surface area contributed by atoms with Gasteiger partial charge in [0.2, 0.25) is 0 Å². The lowest BCUT2D eigenvalue weighted by Crippen LogP contribution is -2.00. The second-order valence-corrected chi connectivity index (χ2v) is 3.42. The second-order valence-electron chi connectivity index (χ2n) is 3.42. The minimum atomic E-state index is 0.438.